The quantitative estimate of drug-likeness (QED) is 0.733. The lowest BCUT2D eigenvalue weighted by Gasteiger charge is -2.13. The Labute approximate surface area is 102 Å². The summed E-state index contributed by atoms with van der Waals surface area (Å²) in [6.45, 7) is 3.55. The summed E-state index contributed by atoms with van der Waals surface area (Å²) in [5, 5.41) is 12.1. The number of hydrogen-bond acceptors (Lipinski definition) is 4. The third-order valence-electron chi connectivity index (χ3n) is 2.81. The minimum Gasteiger partial charge on any atom is -0.454 e. The topological polar surface area (TPSA) is 50.7 Å². The lowest BCUT2D eigenvalue weighted by atomic mass is 10.1. The molecule has 94 valence electrons. The van der Waals surface area contributed by atoms with Crippen LogP contribution in [-0.4, -0.2) is 31.1 Å². The normalized spacial score (nSPS) is 14.9. The molecule has 0 aromatic heterocycles. The van der Waals surface area contributed by atoms with E-state index in [9.17, 15) is 0 Å². The first kappa shape index (κ1) is 12.2. The highest BCUT2D eigenvalue weighted by Gasteiger charge is 2.13. The zero-order chi connectivity index (χ0) is 12.1. The molecular weight excluding hydrogens is 218 g/mol. The fraction of sp³-hybridized carbons (Fsp3) is 0.538. The fourth-order valence-corrected chi connectivity index (χ4v) is 1.92. The van der Waals surface area contributed by atoms with Crippen LogP contribution in [0.4, 0.5) is 0 Å². The molecule has 0 aliphatic carbocycles. The number of rotatable bonds is 6. The summed E-state index contributed by atoms with van der Waals surface area (Å²) in [6, 6.07) is 6.45. The first-order chi connectivity index (χ1) is 8.29. The molecule has 0 fully saturated rings. The van der Waals surface area contributed by atoms with Crippen molar-refractivity contribution in [3.05, 3.63) is 23.8 Å². The van der Waals surface area contributed by atoms with Gasteiger partial charge in [0.05, 0.1) is 0 Å². The minimum atomic E-state index is 0.240. The van der Waals surface area contributed by atoms with Crippen LogP contribution in [0.3, 0.4) is 0 Å². The van der Waals surface area contributed by atoms with Crippen molar-refractivity contribution in [2.75, 3.05) is 19.9 Å². The molecule has 0 spiro atoms. The van der Waals surface area contributed by atoms with Crippen molar-refractivity contribution >= 4 is 0 Å². The van der Waals surface area contributed by atoms with Crippen molar-refractivity contribution in [1.29, 1.82) is 0 Å². The van der Waals surface area contributed by atoms with Gasteiger partial charge in [-0.25, -0.2) is 0 Å². The van der Waals surface area contributed by atoms with Crippen molar-refractivity contribution in [2.24, 2.45) is 0 Å². The van der Waals surface area contributed by atoms with Crippen molar-refractivity contribution in [1.82, 2.24) is 5.32 Å². The first-order valence-corrected chi connectivity index (χ1v) is 6.02. The molecule has 1 heterocycles. The van der Waals surface area contributed by atoms with Crippen LogP contribution in [0.2, 0.25) is 0 Å². The molecule has 0 saturated carbocycles. The summed E-state index contributed by atoms with van der Waals surface area (Å²) in [7, 11) is 0. The van der Waals surface area contributed by atoms with Gasteiger partial charge in [0.2, 0.25) is 6.79 Å². The Hall–Kier alpha value is -1.26. The van der Waals surface area contributed by atoms with Gasteiger partial charge < -0.3 is 19.9 Å². The number of aliphatic hydroxyl groups excluding tert-OH is 1. The van der Waals surface area contributed by atoms with Gasteiger partial charge in [-0.1, -0.05) is 6.07 Å². The molecule has 17 heavy (non-hydrogen) atoms. The van der Waals surface area contributed by atoms with E-state index < -0.39 is 0 Å². The van der Waals surface area contributed by atoms with Crippen molar-refractivity contribution in [3.8, 4) is 11.5 Å². The Morgan fingerprint density at radius 1 is 1.35 bits per heavy atom. The molecule has 1 unspecified atom stereocenters. The van der Waals surface area contributed by atoms with E-state index >= 15 is 0 Å². The maximum Gasteiger partial charge on any atom is 0.231 e. The molecule has 4 nitrogen and oxygen atoms in total. The van der Waals surface area contributed by atoms with Gasteiger partial charge in [-0.05, 0) is 44.0 Å². The Balaban J connectivity index is 1.86. The largest absolute Gasteiger partial charge is 0.454 e. The summed E-state index contributed by atoms with van der Waals surface area (Å²) in [5.41, 5.74) is 1.23. The van der Waals surface area contributed by atoms with Crippen molar-refractivity contribution in [2.45, 2.75) is 25.8 Å². The van der Waals surface area contributed by atoms with E-state index in [2.05, 4.69) is 18.3 Å². The molecule has 0 saturated heterocycles. The van der Waals surface area contributed by atoms with Gasteiger partial charge in [0.1, 0.15) is 0 Å². The molecular formula is C13H19NO3. The van der Waals surface area contributed by atoms with Gasteiger partial charge >= 0.3 is 0 Å². The maximum absolute atomic E-state index is 8.70. The molecule has 1 atom stereocenters. The zero-order valence-electron chi connectivity index (χ0n) is 10.1. The average Bonchev–Trinajstić information content (AvgIpc) is 2.76. The SMILES string of the molecule is CC(Cc1ccc2c(c1)OCO2)NCCCO. The number of aliphatic hydroxyl groups is 1. The Bertz CT molecular complexity index is 368. The average molecular weight is 237 g/mol. The second-order valence-corrected chi connectivity index (χ2v) is 4.32. The maximum atomic E-state index is 8.70. The minimum absolute atomic E-state index is 0.240. The predicted molar refractivity (Wildman–Crippen MR) is 65.4 cm³/mol. The van der Waals surface area contributed by atoms with E-state index in [1.807, 2.05) is 12.1 Å². The summed E-state index contributed by atoms with van der Waals surface area (Å²) >= 11 is 0. The molecule has 1 aromatic rings. The Kier molecular flexibility index (Phi) is 4.23. The van der Waals surface area contributed by atoms with Crippen LogP contribution in [0.1, 0.15) is 18.9 Å². The molecule has 0 bridgehead atoms. The number of fused-ring (bicyclic) bond motifs is 1. The second-order valence-electron chi connectivity index (χ2n) is 4.32. The molecule has 0 radical (unpaired) electrons. The van der Waals surface area contributed by atoms with Crippen LogP contribution in [-0.2, 0) is 6.42 Å². The molecule has 1 aromatic carbocycles. The monoisotopic (exact) mass is 237 g/mol. The van der Waals surface area contributed by atoms with Crippen LogP contribution in [0, 0.1) is 0 Å². The van der Waals surface area contributed by atoms with Gasteiger partial charge in [0.15, 0.2) is 11.5 Å². The van der Waals surface area contributed by atoms with E-state index in [4.69, 9.17) is 14.6 Å². The van der Waals surface area contributed by atoms with Gasteiger partial charge in [0.25, 0.3) is 0 Å². The number of ether oxygens (including phenoxy) is 2. The van der Waals surface area contributed by atoms with Crippen LogP contribution < -0.4 is 14.8 Å². The third-order valence-corrected chi connectivity index (χ3v) is 2.81. The molecule has 2 N–H and O–H groups in total. The fourth-order valence-electron chi connectivity index (χ4n) is 1.92. The summed E-state index contributed by atoms with van der Waals surface area (Å²) in [5.74, 6) is 1.67. The second kappa shape index (κ2) is 5.89. The smallest absolute Gasteiger partial charge is 0.231 e. The highest BCUT2D eigenvalue weighted by Crippen LogP contribution is 2.32. The van der Waals surface area contributed by atoms with E-state index in [-0.39, 0.29) is 6.61 Å². The summed E-state index contributed by atoms with van der Waals surface area (Å²) in [6.07, 6.45) is 1.74. The zero-order valence-corrected chi connectivity index (χ0v) is 10.1. The van der Waals surface area contributed by atoms with E-state index in [0.29, 0.717) is 12.8 Å². The van der Waals surface area contributed by atoms with Crippen LogP contribution in [0.5, 0.6) is 11.5 Å². The molecule has 2 rings (SSSR count). The molecule has 4 heteroatoms. The number of nitrogens with one attached hydrogen (secondary N) is 1. The van der Waals surface area contributed by atoms with Gasteiger partial charge in [-0.2, -0.15) is 0 Å². The summed E-state index contributed by atoms with van der Waals surface area (Å²) in [4.78, 5) is 0. The molecule has 1 aliphatic heterocycles. The van der Waals surface area contributed by atoms with E-state index in [1.165, 1.54) is 5.56 Å². The number of hydrogen-bond donors (Lipinski definition) is 2. The van der Waals surface area contributed by atoms with Crippen LogP contribution in [0.25, 0.3) is 0 Å². The van der Waals surface area contributed by atoms with Gasteiger partial charge in [0, 0.05) is 12.6 Å². The standard InChI is InChI=1S/C13H19NO3/c1-10(14-5-2-6-15)7-11-3-4-12-13(8-11)17-9-16-12/h3-4,8,10,14-15H,2,5-7,9H2,1H3. The predicted octanol–water partition coefficient (Wildman–Crippen LogP) is 1.32. The van der Waals surface area contributed by atoms with E-state index in [0.717, 1.165) is 30.9 Å². The van der Waals surface area contributed by atoms with Crippen molar-refractivity contribution < 1.29 is 14.6 Å². The molecule has 1 aliphatic rings. The van der Waals surface area contributed by atoms with Gasteiger partial charge in [-0.15, -0.1) is 0 Å². The number of benzene rings is 1. The lowest BCUT2D eigenvalue weighted by Crippen LogP contribution is -2.29. The Morgan fingerprint density at radius 3 is 3.00 bits per heavy atom. The van der Waals surface area contributed by atoms with Crippen molar-refractivity contribution in [3.63, 3.8) is 0 Å². The Morgan fingerprint density at radius 2 is 2.18 bits per heavy atom. The molecule has 0 amide bonds. The van der Waals surface area contributed by atoms with Gasteiger partial charge in [-0.3, -0.25) is 0 Å². The third kappa shape index (κ3) is 3.35. The summed E-state index contributed by atoms with van der Waals surface area (Å²) < 4.78 is 10.6. The highest BCUT2D eigenvalue weighted by molar-refractivity contribution is 5.44. The first-order valence-electron chi connectivity index (χ1n) is 6.02. The highest BCUT2D eigenvalue weighted by atomic mass is 16.7. The lowest BCUT2D eigenvalue weighted by molar-refractivity contribution is 0.174. The van der Waals surface area contributed by atoms with E-state index in [1.54, 1.807) is 0 Å². The van der Waals surface area contributed by atoms with Crippen LogP contribution >= 0.6 is 0 Å². The van der Waals surface area contributed by atoms with Crippen LogP contribution in [0.15, 0.2) is 18.2 Å².